The summed E-state index contributed by atoms with van der Waals surface area (Å²) in [7, 11) is 0. The fraction of sp³-hybridized carbons (Fsp3) is 0.459. The number of nitrogens with one attached hydrogen (secondary N) is 1. The molecule has 1 aliphatic heterocycles. The molecule has 44 heavy (non-hydrogen) atoms. The molecule has 232 valence electrons. The molecule has 1 atom stereocenters. The molecule has 2 amide bonds. The lowest BCUT2D eigenvalue weighted by molar-refractivity contribution is -0.136. The van der Waals surface area contributed by atoms with Crippen LogP contribution in [0.4, 0.5) is 5.69 Å². The minimum Gasteiger partial charge on any atom is -0.481 e. The molecule has 1 aliphatic carbocycles. The van der Waals surface area contributed by atoms with E-state index in [1.165, 1.54) is 12.8 Å². The average Bonchev–Trinajstić information content (AvgIpc) is 3.14. The third-order valence-corrected chi connectivity index (χ3v) is 9.90. The monoisotopic (exact) mass is 595 g/mol. The number of carbonyl (C=O) groups is 3. The molecule has 2 aromatic carbocycles. The number of carboxylic acid groups (broad SMARTS) is 1. The highest BCUT2D eigenvalue weighted by Gasteiger charge is 2.44. The zero-order valence-electron chi connectivity index (χ0n) is 26.2. The van der Waals surface area contributed by atoms with E-state index in [4.69, 9.17) is 5.11 Å². The Labute approximate surface area is 261 Å². The number of rotatable bonds is 8. The number of carboxylic acids is 1. The SMILES string of the molecule is CC(C)(C)C1CCC2(CCC(Cc3ccc(C(=O)NCCC(=O)O)cc3)C(=O)N(c3cccc(-c4ccncc4)c3)C2)CC1. The summed E-state index contributed by atoms with van der Waals surface area (Å²) < 4.78 is 0. The summed E-state index contributed by atoms with van der Waals surface area (Å²) >= 11 is 0. The van der Waals surface area contributed by atoms with Crippen molar-refractivity contribution in [1.29, 1.82) is 0 Å². The van der Waals surface area contributed by atoms with Crippen LogP contribution in [0.1, 0.15) is 81.6 Å². The molecule has 3 aromatic rings. The van der Waals surface area contributed by atoms with Gasteiger partial charge in [-0.25, -0.2) is 0 Å². The second kappa shape index (κ2) is 13.3. The lowest BCUT2D eigenvalue weighted by Gasteiger charge is -2.45. The fourth-order valence-electron chi connectivity index (χ4n) is 7.09. The van der Waals surface area contributed by atoms with Crippen LogP contribution in [-0.4, -0.2) is 41.0 Å². The van der Waals surface area contributed by atoms with Crippen molar-refractivity contribution in [2.75, 3.05) is 18.0 Å². The first-order valence-corrected chi connectivity index (χ1v) is 15.9. The van der Waals surface area contributed by atoms with Gasteiger partial charge in [0.1, 0.15) is 0 Å². The van der Waals surface area contributed by atoms with Crippen LogP contribution in [0.3, 0.4) is 0 Å². The van der Waals surface area contributed by atoms with E-state index in [2.05, 4.69) is 54.2 Å². The molecule has 7 nitrogen and oxygen atoms in total. The van der Waals surface area contributed by atoms with Gasteiger partial charge >= 0.3 is 5.97 Å². The molecule has 2 fully saturated rings. The second-order valence-corrected chi connectivity index (χ2v) is 13.9. The predicted molar refractivity (Wildman–Crippen MR) is 173 cm³/mol. The molecule has 0 bridgehead atoms. The summed E-state index contributed by atoms with van der Waals surface area (Å²) in [5.41, 5.74) is 4.99. The summed E-state index contributed by atoms with van der Waals surface area (Å²) in [5, 5.41) is 11.5. The van der Waals surface area contributed by atoms with Crippen LogP contribution in [0, 0.1) is 22.7 Å². The number of carbonyl (C=O) groups excluding carboxylic acids is 2. The van der Waals surface area contributed by atoms with Crippen molar-refractivity contribution in [3.8, 4) is 11.1 Å². The first-order chi connectivity index (χ1) is 21.0. The van der Waals surface area contributed by atoms with Crippen LogP contribution in [0.25, 0.3) is 11.1 Å². The molecule has 1 spiro atoms. The van der Waals surface area contributed by atoms with Crippen LogP contribution < -0.4 is 10.2 Å². The van der Waals surface area contributed by atoms with Crippen molar-refractivity contribution >= 4 is 23.5 Å². The van der Waals surface area contributed by atoms with Gasteiger partial charge < -0.3 is 15.3 Å². The van der Waals surface area contributed by atoms with Gasteiger partial charge in [0.25, 0.3) is 5.91 Å². The Morgan fingerprint density at radius 3 is 2.30 bits per heavy atom. The summed E-state index contributed by atoms with van der Waals surface area (Å²) in [6, 6.07) is 19.7. The van der Waals surface area contributed by atoms with Crippen molar-refractivity contribution in [2.45, 2.75) is 72.1 Å². The van der Waals surface area contributed by atoms with E-state index in [0.29, 0.717) is 23.3 Å². The number of pyridine rings is 1. The van der Waals surface area contributed by atoms with Gasteiger partial charge in [-0.15, -0.1) is 0 Å². The van der Waals surface area contributed by atoms with Gasteiger partial charge in [0.05, 0.1) is 6.42 Å². The standard InChI is InChI=1S/C37H45N3O4/c1-36(2,3)31-12-18-37(19-13-31)17-11-30(23-26-7-9-28(10-8-26)34(43)39-22-16-33(41)42)35(44)40(25-37)32-6-4-5-29(24-32)27-14-20-38-21-15-27/h4-10,14-15,20-21,24,30-31H,11-13,16-19,22-23,25H2,1-3H3,(H,39,43)(H,41,42). The minimum absolute atomic E-state index is 0.0862. The molecular weight excluding hydrogens is 550 g/mol. The van der Waals surface area contributed by atoms with Crippen LogP contribution in [0.15, 0.2) is 73.1 Å². The number of hydrogen-bond donors (Lipinski definition) is 2. The summed E-state index contributed by atoms with van der Waals surface area (Å²) in [6.45, 7) is 7.88. The van der Waals surface area contributed by atoms with E-state index in [0.717, 1.165) is 54.6 Å². The van der Waals surface area contributed by atoms with Crippen molar-refractivity contribution in [2.24, 2.45) is 22.7 Å². The molecular formula is C37H45N3O4. The first kappa shape index (κ1) is 31.4. The molecule has 5 rings (SSSR count). The topological polar surface area (TPSA) is 99.6 Å². The fourth-order valence-corrected chi connectivity index (χ4v) is 7.09. The molecule has 1 aromatic heterocycles. The molecule has 1 unspecified atom stereocenters. The molecule has 0 radical (unpaired) electrons. The number of benzene rings is 2. The molecule has 2 N–H and O–H groups in total. The lowest BCUT2D eigenvalue weighted by Crippen LogP contribution is -2.43. The lowest BCUT2D eigenvalue weighted by atomic mass is 9.62. The Hall–Kier alpha value is -4.00. The highest BCUT2D eigenvalue weighted by Crippen LogP contribution is 2.50. The van der Waals surface area contributed by atoms with Crippen molar-refractivity contribution in [1.82, 2.24) is 10.3 Å². The van der Waals surface area contributed by atoms with E-state index < -0.39 is 5.97 Å². The zero-order valence-corrected chi connectivity index (χ0v) is 26.2. The Morgan fingerprint density at radius 2 is 1.64 bits per heavy atom. The van der Waals surface area contributed by atoms with Crippen molar-refractivity contribution < 1.29 is 19.5 Å². The van der Waals surface area contributed by atoms with E-state index in [1.54, 1.807) is 24.5 Å². The van der Waals surface area contributed by atoms with E-state index >= 15 is 0 Å². The number of anilines is 1. The molecule has 7 heteroatoms. The maximum atomic E-state index is 14.4. The van der Waals surface area contributed by atoms with Gasteiger partial charge in [0.2, 0.25) is 5.91 Å². The van der Waals surface area contributed by atoms with Crippen LogP contribution >= 0.6 is 0 Å². The number of aliphatic carboxylic acids is 1. The maximum Gasteiger partial charge on any atom is 0.305 e. The third kappa shape index (κ3) is 7.55. The minimum atomic E-state index is -0.948. The molecule has 2 heterocycles. The Bertz CT molecular complexity index is 1450. The number of hydrogen-bond acceptors (Lipinski definition) is 4. The predicted octanol–water partition coefficient (Wildman–Crippen LogP) is 7.16. The van der Waals surface area contributed by atoms with Gasteiger partial charge in [-0.2, -0.15) is 0 Å². The molecule has 1 saturated carbocycles. The zero-order chi connectivity index (χ0) is 31.3. The van der Waals surface area contributed by atoms with Gasteiger partial charge in [-0.3, -0.25) is 19.4 Å². The molecule has 2 aliphatic rings. The second-order valence-electron chi connectivity index (χ2n) is 13.9. The van der Waals surface area contributed by atoms with Crippen molar-refractivity contribution in [3.05, 3.63) is 84.2 Å². The number of nitrogens with zero attached hydrogens (tertiary/aromatic N) is 2. The van der Waals surface area contributed by atoms with Crippen LogP contribution in [-0.2, 0) is 16.0 Å². The smallest absolute Gasteiger partial charge is 0.305 e. The van der Waals surface area contributed by atoms with Crippen LogP contribution in [0.5, 0.6) is 0 Å². The first-order valence-electron chi connectivity index (χ1n) is 15.9. The van der Waals surface area contributed by atoms with Gasteiger partial charge in [0, 0.05) is 42.7 Å². The Kier molecular flexibility index (Phi) is 9.52. The van der Waals surface area contributed by atoms with E-state index in [-0.39, 0.29) is 36.1 Å². The van der Waals surface area contributed by atoms with E-state index in [9.17, 15) is 14.4 Å². The van der Waals surface area contributed by atoms with E-state index in [1.807, 2.05) is 30.3 Å². The largest absolute Gasteiger partial charge is 0.481 e. The van der Waals surface area contributed by atoms with Crippen molar-refractivity contribution in [3.63, 3.8) is 0 Å². The summed E-state index contributed by atoms with van der Waals surface area (Å²) in [5.74, 6) is -0.532. The highest BCUT2D eigenvalue weighted by atomic mass is 16.4. The Morgan fingerprint density at radius 1 is 0.955 bits per heavy atom. The quantitative estimate of drug-likeness (QED) is 0.288. The summed E-state index contributed by atoms with van der Waals surface area (Å²) in [4.78, 5) is 43.8. The normalized spacial score (nSPS) is 22.4. The Balaban J connectivity index is 1.38. The van der Waals surface area contributed by atoms with Crippen LogP contribution in [0.2, 0.25) is 0 Å². The summed E-state index contributed by atoms with van der Waals surface area (Å²) in [6.07, 6.45) is 10.6. The number of amides is 2. The van der Waals surface area contributed by atoms with Gasteiger partial charge in [-0.1, -0.05) is 45.0 Å². The number of aromatic nitrogens is 1. The van der Waals surface area contributed by atoms with Gasteiger partial charge in [0.15, 0.2) is 0 Å². The third-order valence-electron chi connectivity index (χ3n) is 9.90. The maximum absolute atomic E-state index is 14.4. The highest BCUT2D eigenvalue weighted by molar-refractivity contribution is 5.96. The average molecular weight is 596 g/mol. The molecule has 1 saturated heterocycles. The van der Waals surface area contributed by atoms with Gasteiger partial charge in [-0.05, 0) is 115 Å².